The van der Waals surface area contributed by atoms with Crippen molar-refractivity contribution in [3.63, 3.8) is 0 Å². The van der Waals surface area contributed by atoms with Crippen molar-refractivity contribution in [1.29, 1.82) is 0 Å². The van der Waals surface area contributed by atoms with E-state index in [0.29, 0.717) is 46.0 Å². The van der Waals surface area contributed by atoms with Gasteiger partial charge in [-0.1, -0.05) is 0 Å². The summed E-state index contributed by atoms with van der Waals surface area (Å²) < 4.78 is 27.0. The average molecular weight is 620 g/mol. The van der Waals surface area contributed by atoms with E-state index in [-0.39, 0.29) is 11.9 Å². The molecule has 11 nitrogen and oxygen atoms in total. The Bertz CT molecular complexity index is 2000. The minimum Gasteiger partial charge on any atom is -0.492 e. The van der Waals surface area contributed by atoms with Gasteiger partial charge in [0, 0.05) is 41.5 Å². The smallest absolute Gasteiger partial charge is 0.159 e. The number of imidazole rings is 1. The summed E-state index contributed by atoms with van der Waals surface area (Å²) in [6.45, 7) is 5.42. The van der Waals surface area contributed by atoms with Gasteiger partial charge in [0.2, 0.25) is 0 Å². The Labute approximate surface area is 264 Å². The van der Waals surface area contributed by atoms with Crippen molar-refractivity contribution in [2.24, 2.45) is 0 Å². The molecule has 5 aromatic heterocycles. The Morgan fingerprint density at radius 2 is 1.72 bits per heavy atom. The van der Waals surface area contributed by atoms with Crippen LogP contribution in [0.25, 0.3) is 55.8 Å². The van der Waals surface area contributed by atoms with Crippen LogP contribution in [0, 0.1) is 5.82 Å². The fourth-order valence-electron chi connectivity index (χ4n) is 6.34. The number of fused-ring (bicyclic) bond motifs is 2. The molecular weight excluding hydrogens is 585 g/mol. The fraction of sp³-hybridized carbons (Fsp3) is 0.324. The molecule has 0 bridgehead atoms. The van der Waals surface area contributed by atoms with Gasteiger partial charge in [-0.05, 0) is 81.7 Å². The van der Waals surface area contributed by atoms with Gasteiger partial charge in [-0.15, -0.1) is 0 Å². The number of rotatable bonds is 9. The maximum absolute atomic E-state index is 14.8. The third-order valence-electron chi connectivity index (χ3n) is 8.72. The van der Waals surface area contributed by atoms with Crippen LogP contribution in [0.5, 0.6) is 11.5 Å². The highest BCUT2D eigenvalue weighted by atomic mass is 19.1. The monoisotopic (exact) mass is 619 g/mol. The molecule has 2 aliphatic rings. The van der Waals surface area contributed by atoms with Crippen molar-refractivity contribution >= 4 is 21.9 Å². The highest BCUT2D eigenvalue weighted by Gasteiger charge is 2.19. The topological polar surface area (TPSA) is 130 Å². The third-order valence-corrected chi connectivity index (χ3v) is 8.72. The molecule has 3 N–H and O–H groups in total. The normalized spacial score (nSPS) is 16.0. The molecule has 0 amide bonds. The third kappa shape index (κ3) is 5.88. The van der Waals surface area contributed by atoms with E-state index in [0.717, 1.165) is 73.5 Å². The number of aromatic amines is 2. The number of nitrogens with one attached hydrogen (secondary N) is 3. The van der Waals surface area contributed by atoms with Crippen LogP contribution in [0.4, 0.5) is 4.39 Å². The summed E-state index contributed by atoms with van der Waals surface area (Å²) in [4.78, 5) is 24.2. The number of piperidine rings is 1. The molecule has 12 heteroatoms. The Morgan fingerprint density at radius 3 is 2.61 bits per heavy atom. The van der Waals surface area contributed by atoms with Crippen molar-refractivity contribution < 1.29 is 13.9 Å². The zero-order valence-corrected chi connectivity index (χ0v) is 25.3. The molecule has 7 heterocycles. The molecule has 234 valence electrons. The van der Waals surface area contributed by atoms with Gasteiger partial charge in [-0.25, -0.2) is 9.37 Å². The Balaban J connectivity index is 1.08. The standard InChI is InChI=1S/C34H34FN9O2/c35-23-11-21(12-25(14-23)45-10-9-44-7-1-2-8-44)28-18-38-19-31-32(28)41-34(40-31)33-27-15-29(39-20-30(27)42-43-33)22-13-26(17-37-16-22)46-24-3-5-36-6-4-24/h11-20,24,36H,1-10H2,(H,40,41)(H,42,43). The molecule has 46 heavy (non-hydrogen) atoms. The van der Waals surface area contributed by atoms with Crippen molar-refractivity contribution in [2.75, 3.05) is 39.3 Å². The Hall–Kier alpha value is -4.94. The highest BCUT2D eigenvalue weighted by Crippen LogP contribution is 2.34. The lowest BCUT2D eigenvalue weighted by molar-refractivity contribution is 0.162. The van der Waals surface area contributed by atoms with Crippen LogP contribution >= 0.6 is 0 Å². The molecule has 0 atom stereocenters. The van der Waals surface area contributed by atoms with E-state index < -0.39 is 0 Å². The summed E-state index contributed by atoms with van der Waals surface area (Å²) in [6.07, 6.45) is 13.2. The lowest BCUT2D eigenvalue weighted by Gasteiger charge is -2.23. The number of hydrogen-bond acceptors (Lipinski definition) is 9. The van der Waals surface area contributed by atoms with Gasteiger partial charge in [0.05, 0.1) is 40.8 Å². The quantitative estimate of drug-likeness (QED) is 0.196. The molecule has 2 fully saturated rings. The molecule has 0 radical (unpaired) electrons. The van der Waals surface area contributed by atoms with Crippen molar-refractivity contribution in [3.8, 4) is 45.4 Å². The molecule has 0 aliphatic carbocycles. The number of aromatic nitrogens is 7. The SMILES string of the molecule is Fc1cc(OCCN2CCCC2)cc(-c2cncc3[nH]c(-c4n[nH]c5cnc(-c6cncc(OC7CCNCC7)c6)cc45)nc23)c1. The second kappa shape index (κ2) is 12.5. The maximum Gasteiger partial charge on any atom is 0.159 e. The van der Waals surface area contributed by atoms with Crippen LogP contribution < -0.4 is 14.8 Å². The number of nitrogens with zero attached hydrogens (tertiary/aromatic N) is 6. The zero-order valence-electron chi connectivity index (χ0n) is 25.3. The van der Waals surface area contributed by atoms with E-state index in [9.17, 15) is 4.39 Å². The molecule has 2 saturated heterocycles. The van der Waals surface area contributed by atoms with Crippen LogP contribution in [0.15, 0.2) is 61.3 Å². The van der Waals surface area contributed by atoms with E-state index in [4.69, 9.17) is 14.5 Å². The molecular formula is C34H34FN9O2. The van der Waals surface area contributed by atoms with Gasteiger partial charge in [0.25, 0.3) is 0 Å². The number of hydrogen-bond donors (Lipinski definition) is 3. The first kappa shape index (κ1) is 28.5. The van der Waals surface area contributed by atoms with E-state index in [1.54, 1.807) is 31.0 Å². The minimum absolute atomic E-state index is 0.174. The predicted molar refractivity (Wildman–Crippen MR) is 173 cm³/mol. The number of halogens is 1. The highest BCUT2D eigenvalue weighted by molar-refractivity contribution is 5.97. The number of ether oxygens (including phenoxy) is 2. The molecule has 0 spiro atoms. The summed E-state index contributed by atoms with van der Waals surface area (Å²) in [5.74, 6) is 1.40. The van der Waals surface area contributed by atoms with Gasteiger partial charge < -0.3 is 19.8 Å². The molecule has 2 aliphatic heterocycles. The van der Waals surface area contributed by atoms with E-state index in [1.165, 1.54) is 25.0 Å². The van der Waals surface area contributed by atoms with Gasteiger partial charge in [0.15, 0.2) is 5.82 Å². The van der Waals surface area contributed by atoms with Crippen LogP contribution in [-0.2, 0) is 0 Å². The lowest BCUT2D eigenvalue weighted by Crippen LogP contribution is -2.34. The lowest BCUT2D eigenvalue weighted by atomic mass is 10.1. The van der Waals surface area contributed by atoms with E-state index in [1.807, 2.05) is 18.2 Å². The first-order chi connectivity index (χ1) is 22.7. The minimum atomic E-state index is -0.375. The molecule has 0 saturated carbocycles. The number of likely N-dealkylation sites (tertiary alicyclic amines) is 1. The Morgan fingerprint density at radius 1 is 0.870 bits per heavy atom. The zero-order chi connectivity index (χ0) is 30.9. The second-order valence-electron chi connectivity index (χ2n) is 11.9. The van der Waals surface area contributed by atoms with Crippen molar-refractivity contribution in [2.45, 2.75) is 31.8 Å². The second-order valence-corrected chi connectivity index (χ2v) is 11.9. The van der Waals surface area contributed by atoms with Crippen LogP contribution in [0.1, 0.15) is 25.7 Å². The van der Waals surface area contributed by atoms with Crippen LogP contribution in [0.3, 0.4) is 0 Å². The van der Waals surface area contributed by atoms with Gasteiger partial charge in [0.1, 0.15) is 35.7 Å². The molecule has 0 unspecified atom stereocenters. The summed E-state index contributed by atoms with van der Waals surface area (Å²) in [7, 11) is 0. The number of pyridine rings is 3. The molecule has 1 aromatic carbocycles. The molecule has 6 aromatic rings. The van der Waals surface area contributed by atoms with Gasteiger partial charge in [-0.3, -0.25) is 25.0 Å². The van der Waals surface area contributed by atoms with E-state index >= 15 is 0 Å². The largest absolute Gasteiger partial charge is 0.492 e. The van der Waals surface area contributed by atoms with Gasteiger partial charge >= 0.3 is 0 Å². The predicted octanol–water partition coefficient (Wildman–Crippen LogP) is 5.37. The summed E-state index contributed by atoms with van der Waals surface area (Å²) >= 11 is 0. The molecule has 8 rings (SSSR count). The maximum atomic E-state index is 14.8. The Kier molecular flexibility index (Phi) is 7.72. The summed E-state index contributed by atoms with van der Waals surface area (Å²) in [5, 5.41) is 11.9. The first-order valence-electron chi connectivity index (χ1n) is 15.8. The van der Waals surface area contributed by atoms with Crippen molar-refractivity contribution in [3.05, 3.63) is 67.1 Å². The van der Waals surface area contributed by atoms with Crippen molar-refractivity contribution in [1.82, 2.24) is 45.3 Å². The van der Waals surface area contributed by atoms with E-state index in [2.05, 4.69) is 40.3 Å². The summed E-state index contributed by atoms with van der Waals surface area (Å²) in [6, 6.07) is 8.70. The fourth-order valence-corrected chi connectivity index (χ4v) is 6.34. The number of benzene rings is 1. The number of H-pyrrole nitrogens is 2. The van der Waals surface area contributed by atoms with Crippen LogP contribution in [-0.4, -0.2) is 85.5 Å². The van der Waals surface area contributed by atoms with Gasteiger partial charge in [-0.2, -0.15) is 5.10 Å². The van der Waals surface area contributed by atoms with Crippen LogP contribution in [0.2, 0.25) is 0 Å². The summed E-state index contributed by atoms with van der Waals surface area (Å²) in [5.41, 5.74) is 5.72. The first-order valence-corrected chi connectivity index (χ1v) is 15.8. The average Bonchev–Trinajstić information content (AvgIpc) is 3.85.